The van der Waals surface area contributed by atoms with Gasteiger partial charge in [-0.15, -0.1) is 12.4 Å². The molecule has 1 aromatic carbocycles. The molecule has 1 heterocycles. The number of hydrogen-bond donors (Lipinski definition) is 2. The van der Waals surface area contributed by atoms with Crippen LogP contribution >= 0.6 is 12.4 Å². The summed E-state index contributed by atoms with van der Waals surface area (Å²) < 4.78 is 36.4. The smallest absolute Gasteiger partial charge is 0.262 e. The van der Waals surface area contributed by atoms with Crippen molar-refractivity contribution < 1.29 is 23.0 Å². The van der Waals surface area contributed by atoms with E-state index < -0.39 is 30.8 Å². The third-order valence-corrected chi connectivity index (χ3v) is 3.59. The third kappa shape index (κ3) is 5.21. The molecule has 1 saturated heterocycles. The van der Waals surface area contributed by atoms with E-state index in [-0.39, 0.29) is 12.4 Å². The molecule has 1 amide bonds. The van der Waals surface area contributed by atoms with Gasteiger partial charge >= 0.3 is 0 Å². The summed E-state index contributed by atoms with van der Waals surface area (Å²) in [5.74, 6) is -1.94. The standard InChI is InChI=1S/C15H20F2N2O3.ClH/c1-21-12-4-3-10(7-13(12)22-2)5-6-18-14(20)11-8-15(16,17)9-19-11;/h3-4,7,11,19H,5-6,8-9H2,1-2H3,(H,18,20);1H. The number of benzene rings is 1. The van der Waals surface area contributed by atoms with Gasteiger partial charge in [-0.1, -0.05) is 6.07 Å². The number of ether oxygens (including phenoxy) is 2. The summed E-state index contributed by atoms with van der Waals surface area (Å²) in [4.78, 5) is 11.8. The summed E-state index contributed by atoms with van der Waals surface area (Å²) in [7, 11) is 3.11. The lowest BCUT2D eigenvalue weighted by atomic mass is 10.1. The predicted octanol–water partition coefficient (Wildman–Crippen LogP) is 1.78. The minimum Gasteiger partial charge on any atom is -0.493 e. The molecule has 0 saturated carbocycles. The number of carbonyl (C=O) groups excluding carboxylic acids is 1. The molecule has 0 aliphatic carbocycles. The van der Waals surface area contributed by atoms with Crippen LogP contribution in [0.15, 0.2) is 18.2 Å². The number of methoxy groups -OCH3 is 2. The van der Waals surface area contributed by atoms with Crippen LogP contribution in [0.2, 0.25) is 0 Å². The van der Waals surface area contributed by atoms with Gasteiger partial charge in [0, 0.05) is 13.0 Å². The Labute approximate surface area is 140 Å². The highest BCUT2D eigenvalue weighted by Crippen LogP contribution is 2.27. The molecule has 0 radical (unpaired) electrons. The van der Waals surface area contributed by atoms with Crippen molar-refractivity contribution in [2.75, 3.05) is 27.3 Å². The molecule has 5 nitrogen and oxygen atoms in total. The van der Waals surface area contributed by atoms with Gasteiger partial charge in [-0.2, -0.15) is 0 Å². The Morgan fingerprint density at radius 2 is 2.04 bits per heavy atom. The molecular formula is C15H21ClF2N2O3. The number of nitrogens with one attached hydrogen (secondary N) is 2. The van der Waals surface area contributed by atoms with Crippen LogP contribution in [0.1, 0.15) is 12.0 Å². The monoisotopic (exact) mass is 350 g/mol. The second-order valence-corrected chi connectivity index (χ2v) is 5.22. The average Bonchev–Trinajstić information content (AvgIpc) is 2.87. The van der Waals surface area contributed by atoms with E-state index >= 15 is 0 Å². The topological polar surface area (TPSA) is 59.6 Å². The zero-order valence-electron chi connectivity index (χ0n) is 13.0. The largest absolute Gasteiger partial charge is 0.493 e. The molecule has 130 valence electrons. The first-order chi connectivity index (χ1) is 10.4. The van der Waals surface area contributed by atoms with Crippen LogP contribution in [0.3, 0.4) is 0 Å². The lowest BCUT2D eigenvalue weighted by Crippen LogP contribution is -2.41. The number of rotatable bonds is 6. The molecular weight excluding hydrogens is 330 g/mol. The zero-order chi connectivity index (χ0) is 16.2. The van der Waals surface area contributed by atoms with Crippen molar-refractivity contribution in [3.63, 3.8) is 0 Å². The highest BCUT2D eigenvalue weighted by molar-refractivity contribution is 5.85. The summed E-state index contributed by atoms with van der Waals surface area (Å²) in [6.45, 7) is -0.0706. The fraction of sp³-hybridized carbons (Fsp3) is 0.533. The Hall–Kier alpha value is -1.60. The molecule has 2 rings (SSSR count). The molecule has 2 N–H and O–H groups in total. The molecule has 23 heavy (non-hydrogen) atoms. The highest BCUT2D eigenvalue weighted by atomic mass is 35.5. The molecule has 1 fully saturated rings. The van der Waals surface area contributed by atoms with Crippen molar-refractivity contribution in [1.82, 2.24) is 10.6 Å². The normalized spacial score (nSPS) is 18.9. The Kier molecular flexibility index (Phi) is 7.02. The third-order valence-electron chi connectivity index (χ3n) is 3.59. The highest BCUT2D eigenvalue weighted by Gasteiger charge is 2.42. The van der Waals surface area contributed by atoms with Gasteiger partial charge in [0.05, 0.1) is 26.8 Å². The van der Waals surface area contributed by atoms with Gasteiger partial charge in [-0.25, -0.2) is 8.78 Å². The molecule has 1 atom stereocenters. The first kappa shape index (κ1) is 19.4. The minimum atomic E-state index is -2.80. The first-order valence-electron chi connectivity index (χ1n) is 7.05. The van der Waals surface area contributed by atoms with Crippen molar-refractivity contribution in [2.45, 2.75) is 24.8 Å². The van der Waals surface area contributed by atoms with Crippen molar-refractivity contribution in [2.24, 2.45) is 0 Å². The Morgan fingerprint density at radius 3 is 2.61 bits per heavy atom. The lowest BCUT2D eigenvalue weighted by molar-refractivity contribution is -0.123. The predicted molar refractivity (Wildman–Crippen MR) is 84.9 cm³/mol. The maximum Gasteiger partial charge on any atom is 0.262 e. The van der Waals surface area contributed by atoms with Crippen molar-refractivity contribution in [3.8, 4) is 11.5 Å². The van der Waals surface area contributed by atoms with Crippen LogP contribution in [-0.2, 0) is 11.2 Å². The average molecular weight is 351 g/mol. The summed E-state index contributed by atoms with van der Waals surface area (Å²) in [5, 5.41) is 5.20. The quantitative estimate of drug-likeness (QED) is 0.821. The summed E-state index contributed by atoms with van der Waals surface area (Å²) in [5.41, 5.74) is 0.961. The van der Waals surface area contributed by atoms with Crippen LogP contribution in [0.5, 0.6) is 11.5 Å². The van der Waals surface area contributed by atoms with Gasteiger partial charge in [0.1, 0.15) is 0 Å². The fourth-order valence-electron chi connectivity index (χ4n) is 2.39. The number of alkyl halides is 2. The van der Waals surface area contributed by atoms with E-state index in [4.69, 9.17) is 9.47 Å². The maximum absolute atomic E-state index is 13.0. The van der Waals surface area contributed by atoms with Gasteiger partial charge in [0.25, 0.3) is 5.92 Å². The molecule has 1 unspecified atom stereocenters. The van der Waals surface area contributed by atoms with Gasteiger partial charge < -0.3 is 14.8 Å². The second kappa shape index (κ2) is 8.31. The second-order valence-electron chi connectivity index (χ2n) is 5.22. The van der Waals surface area contributed by atoms with E-state index in [9.17, 15) is 13.6 Å². The fourth-order valence-corrected chi connectivity index (χ4v) is 2.39. The number of halogens is 3. The van der Waals surface area contributed by atoms with Gasteiger partial charge in [-0.05, 0) is 24.1 Å². The van der Waals surface area contributed by atoms with Crippen molar-refractivity contribution in [1.29, 1.82) is 0 Å². The minimum absolute atomic E-state index is 0. The van der Waals surface area contributed by atoms with E-state index in [1.165, 1.54) is 0 Å². The molecule has 0 spiro atoms. The lowest BCUT2D eigenvalue weighted by Gasteiger charge is -2.12. The van der Waals surface area contributed by atoms with Gasteiger partial charge in [0.2, 0.25) is 5.91 Å². The van der Waals surface area contributed by atoms with Crippen LogP contribution < -0.4 is 20.1 Å². The summed E-state index contributed by atoms with van der Waals surface area (Å²) in [6, 6.07) is 4.66. The van der Waals surface area contributed by atoms with E-state index in [1.807, 2.05) is 12.1 Å². The zero-order valence-corrected chi connectivity index (χ0v) is 13.8. The maximum atomic E-state index is 13.0. The molecule has 0 bridgehead atoms. The van der Waals surface area contributed by atoms with E-state index in [0.717, 1.165) is 5.56 Å². The molecule has 8 heteroatoms. The van der Waals surface area contributed by atoms with E-state index in [1.54, 1.807) is 20.3 Å². The SMILES string of the molecule is COc1ccc(CCNC(=O)C2CC(F)(F)CN2)cc1OC.Cl. The number of hydrogen-bond acceptors (Lipinski definition) is 4. The Morgan fingerprint density at radius 1 is 1.35 bits per heavy atom. The van der Waals surface area contributed by atoms with Crippen LogP contribution in [-0.4, -0.2) is 45.2 Å². The van der Waals surface area contributed by atoms with Gasteiger partial charge in [-0.3, -0.25) is 10.1 Å². The van der Waals surface area contributed by atoms with Crippen molar-refractivity contribution >= 4 is 18.3 Å². The van der Waals surface area contributed by atoms with E-state index in [2.05, 4.69) is 10.6 Å². The Balaban J connectivity index is 0.00000264. The molecule has 0 aromatic heterocycles. The van der Waals surface area contributed by atoms with E-state index in [0.29, 0.717) is 24.5 Å². The molecule has 1 aliphatic heterocycles. The summed E-state index contributed by atoms with van der Waals surface area (Å²) in [6.07, 6.45) is 0.129. The Bertz CT molecular complexity index is 543. The number of carbonyl (C=O) groups is 1. The molecule has 1 aliphatic rings. The van der Waals surface area contributed by atoms with Gasteiger partial charge in [0.15, 0.2) is 11.5 Å². The summed E-state index contributed by atoms with van der Waals surface area (Å²) >= 11 is 0. The first-order valence-corrected chi connectivity index (χ1v) is 7.05. The number of amides is 1. The van der Waals surface area contributed by atoms with Crippen LogP contribution in [0, 0.1) is 0 Å². The van der Waals surface area contributed by atoms with Crippen LogP contribution in [0.4, 0.5) is 8.78 Å². The molecule has 1 aromatic rings. The van der Waals surface area contributed by atoms with Crippen LogP contribution in [0.25, 0.3) is 0 Å². The van der Waals surface area contributed by atoms with Crippen molar-refractivity contribution in [3.05, 3.63) is 23.8 Å².